The third-order valence-corrected chi connectivity index (χ3v) is 7.05. The van der Waals surface area contributed by atoms with Crippen molar-refractivity contribution in [2.45, 2.75) is 62.9 Å². The molecular weight excluding hydrogens is 486 g/mol. The van der Waals surface area contributed by atoms with Gasteiger partial charge in [-0.3, -0.25) is 4.90 Å². The Labute approximate surface area is 226 Å². The number of aliphatic hydroxyl groups excluding tert-OH is 4. The van der Waals surface area contributed by atoms with Crippen LogP contribution in [-0.4, -0.2) is 90.2 Å². The van der Waals surface area contributed by atoms with E-state index in [4.69, 9.17) is 14.2 Å². The number of methoxy groups -OCH3 is 2. The largest absolute Gasteiger partial charge is 0.497 e. The highest BCUT2D eigenvalue weighted by atomic mass is 16.5. The molecule has 0 aliphatic carbocycles. The van der Waals surface area contributed by atoms with Gasteiger partial charge in [-0.05, 0) is 54.8 Å². The van der Waals surface area contributed by atoms with Gasteiger partial charge < -0.3 is 34.6 Å². The minimum absolute atomic E-state index is 0.233. The minimum Gasteiger partial charge on any atom is -0.497 e. The third-order valence-electron chi connectivity index (χ3n) is 7.05. The fourth-order valence-electron chi connectivity index (χ4n) is 4.74. The molecule has 0 aromatic heterocycles. The van der Waals surface area contributed by atoms with Crippen LogP contribution in [0.3, 0.4) is 0 Å². The Morgan fingerprint density at radius 3 is 2.00 bits per heavy atom. The van der Waals surface area contributed by atoms with E-state index in [1.165, 1.54) is 0 Å². The maximum absolute atomic E-state index is 10.1. The van der Waals surface area contributed by atoms with Crippen LogP contribution in [-0.2, 0) is 0 Å². The third kappa shape index (κ3) is 8.99. The number of ether oxygens (including phenoxy) is 3. The average molecular weight is 530 g/mol. The highest BCUT2D eigenvalue weighted by Crippen LogP contribution is 2.24. The number of hydrogen-bond acceptors (Lipinski definition) is 8. The molecule has 8 nitrogen and oxygen atoms in total. The van der Waals surface area contributed by atoms with Crippen molar-refractivity contribution in [3.8, 4) is 17.2 Å². The molecule has 1 unspecified atom stereocenters. The molecule has 3 rings (SSSR count). The molecule has 1 fully saturated rings. The van der Waals surface area contributed by atoms with E-state index in [0.717, 1.165) is 66.9 Å². The van der Waals surface area contributed by atoms with Crippen molar-refractivity contribution in [2.24, 2.45) is 0 Å². The second-order valence-corrected chi connectivity index (χ2v) is 9.81. The quantitative estimate of drug-likeness (QED) is 0.205. The van der Waals surface area contributed by atoms with Crippen LogP contribution in [0.2, 0.25) is 0 Å². The van der Waals surface area contributed by atoms with Crippen LogP contribution in [0.15, 0.2) is 42.5 Å². The van der Waals surface area contributed by atoms with Gasteiger partial charge in [-0.15, -0.1) is 0 Å². The lowest BCUT2D eigenvalue weighted by atomic mass is 9.94. The summed E-state index contributed by atoms with van der Waals surface area (Å²) in [7, 11) is 3.28. The predicted molar refractivity (Wildman–Crippen MR) is 149 cm³/mol. The van der Waals surface area contributed by atoms with Crippen molar-refractivity contribution in [3.05, 3.63) is 53.6 Å². The van der Waals surface area contributed by atoms with Gasteiger partial charge in [0.1, 0.15) is 29.5 Å². The minimum atomic E-state index is -1.20. The molecule has 4 N–H and O–H groups in total. The SMILES string of the molecule is COc1cc(/C=C/c2ccc(OCCCCCCCCN3C[C@H](O)[C@@H](O)C(O)[C@H]3CO)cc2)cc(OC)c1. The zero-order valence-electron chi connectivity index (χ0n) is 22.5. The van der Waals surface area contributed by atoms with Crippen LogP contribution in [0.4, 0.5) is 0 Å². The number of likely N-dealkylation sites (tertiary alicyclic amines) is 1. The number of nitrogens with zero attached hydrogens (tertiary/aromatic N) is 1. The molecule has 2 aromatic carbocycles. The number of unbranched alkanes of at least 4 members (excludes halogenated alkanes) is 5. The van der Waals surface area contributed by atoms with E-state index in [-0.39, 0.29) is 13.2 Å². The van der Waals surface area contributed by atoms with Crippen molar-refractivity contribution < 1.29 is 34.6 Å². The Morgan fingerprint density at radius 2 is 1.37 bits per heavy atom. The van der Waals surface area contributed by atoms with Gasteiger partial charge in [0.25, 0.3) is 0 Å². The Morgan fingerprint density at radius 1 is 0.763 bits per heavy atom. The first-order valence-electron chi connectivity index (χ1n) is 13.5. The zero-order valence-corrected chi connectivity index (χ0v) is 22.5. The van der Waals surface area contributed by atoms with E-state index in [9.17, 15) is 20.4 Å². The molecular formula is C30H43NO7. The molecule has 1 saturated heterocycles. The van der Waals surface area contributed by atoms with Gasteiger partial charge in [0.05, 0.1) is 39.6 Å². The van der Waals surface area contributed by atoms with Crippen LogP contribution < -0.4 is 14.2 Å². The molecule has 1 aliphatic rings. The number of hydrogen-bond donors (Lipinski definition) is 4. The molecule has 8 heteroatoms. The molecule has 1 heterocycles. The van der Waals surface area contributed by atoms with Crippen molar-refractivity contribution in [2.75, 3.05) is 40.5 Å². The average Bonchev–Trinajstić information content (AvgIpc) is 2.94. The van der Waals surface area contributed by atoms with E-state index in [2.05, 4.69) is 0 Å². The molecule has 2 aromatic rings. The van der Waals surface area contributed by atoms with Crippen LogP contribution >= 0.6 is 0 Å². The molecule has 38 heavy (non-hydrogen) atoms. The monoisotopic (exact) mass is 529 g/mol. The normalized spacial score (nSPS) is 22.1. The molecule has 0 radical (unpaired) electrons. The summed E-state index contributed by atoms with van der Waals surface area (Å²) in [5.41, 5.74) is 2.08. The Hall–Kier alpha value is -2.62. The molecule has 0 bridgehead atoms. The van der Waals surface area contributed by atoms with Crippen molar-refractivity contribution in [3.63, 3.8) is 0 Å². The van der Waals surface area contributed by atoms with Crippen molar-refractivity contribution in [1.82, 2.24) is 4.90 Å². The van der Waals surface area contributed by atoms with E-state index in [1.807, 2.05) is 59.5 Å². The number of rotatable bonds is 15. The first-order valence-corrected chi connectivity index (χ1v) is 13.5. The maximum Gasteiger partial charge on any atom is 0.123 e. The molecule has 4 atom stereocenters. The summed E-state index contributed by atoms with van der Waals surface area (Å²) in [4.78, 5) is 1.88. The lowest BCUT2D eigenvalue weighted by Gasteiger charge is -2.43. The van der Waals surface area contributed by atoms with Gasteiger partial charge in [-0.2, -0.15) is 0 Å². The Balaban J connectivity index is 1.28. The molecule has 210 valence electrons. The second kappa shape index (κ2) is 15.7. The maximum atomic E-state index is 10.1. The number of benzene rings is 2. The first kappa shape index (κ1) is 29.9. The van der Waals surface area contributed by atoms with Gasteiger partial charge >= 0.3 is 0 Å². The van der Waals surface area contributed by atoms with E-state index < -0.39 is 24.4 Å². The second-order valence-electron chi connectivity index (χ2n) is 9.81. The van der Waals surface area contributed by atoms with Crippen LogP contribution in [0.1, 0.15) is 49.7 Å². The van der Waals surface area contributed by atoms with Crippen molar-refractivity contribution in [1.29, 1.82) is 0 Å². The number of piperidine rings is 1. The summed E-state index contributed by atoms with van der Waals surface area (Å²) in [6.45, 7) is 1.41. The molecule has 0 amide bonds. The van der Waals surface area contributed by atoms with Gasteiger partial charge in [0.2, 0.25) is 0 Å². The first-order chi connectivity index (χ1) is 18.4. The fourth-order valence-corrected chi connectivity index (χ4v) is 4.74. The van der Waals surface area contributed by atoms with Crippen LogP contribution in [0.25, 0.3) is 12.2 Å². The van der Waals surface area contributed by atoms with Gasteiger partial charge in [-0.1, -0.05) is 50.0 Å². The summed E-state index contributed by atoms with van der Waals surface area (Å²) < 4.78 is 16.5. The van der Waals surface area contributed by atoms with E-state index >= 15 is 0 Å². The highest BCUT2D eigenvalue weighted by molar-refractivity contribution is 5.71. The summed E-state index contributed by atoms with van der Waals surface area (Å²) in [6.07, 6.45) is 7.04. The van der Waals surface area contributed by atoms with Gasteiger partial charge in [-0.25, -0.2) is 0 Å². The molecule has 1 aliphatic heterocycles. The molecule has 0 saturated carbocycles. The lowest BCUT2D eigenvalue weighted by molar-refractivity contribution is -0.145. The van der Waals surface area contributed by atoms with E-state index in [1.54, 1.807) is 14.2 Å². The summed E-state index contributed by atoms with van der Waals surface area (Å²) in [5, 5.41) is 39.3. The Bertz CT molecular complexity index is 959. The summed E-state index contributed by atoms with van der Waals surface area (Å²) >= 11 is 0. The van der Waals surface area contributed by atoms with E-state index in [0.29, 0.717) is 13.2 Å². The smallest absolute Gasteiger partial charge is 0.123 e. The fraction of sp³-hybridized carbons (Fsp3) is 0.533. The summed E-state index contributed by atoms with van der Waals surface area (Å²) in [6, 6.07) is 13.3. The lowest BCUT2D eigenvalue weighted by Crippen LogP contribution is -2.62. The van der Waals surface area contributed by atoms with Crippen LogP contribution in [0.5, 0.6) is 17.2 Å². The molecule has 0 spiro atoms. The van der Waals surface area contributed by atoms with Gasteiger partial charge in [0, 0.05) is 12.6 Å². The number of aliphatic hydroxyl groups is 4. The van der Waals surface area contributed by atoms with Crippen molar-refractivity contribution >= 4 is 12.2 Å². The standard InChI is InChI=1S/C30H43NO7/c1-36-25-17-23(18-26(19-25)37-2)10-9-22-11-13-24(14-12-22)38-16-8-6-4-3-5-7-15-31-20-28(33)30(35)29(34)27(31)21-32/h9-14,17-19,27-30,32-35H,3-8,15-16,20-21H2,1-2H3/b10-9+/t27-,28+,29?,30-/m1/s1. The summed E-state index contributed by atoms with van der Waals surface area (Å²) in [5.74, 6) is 2.37. The number of β-amino-alcohol motifs (C(OH)–C–C–N with tert-alkyl or cyclic N) is 1. The topological polar surface area (TPSA) is 112 Å². The Kier molecular flexibility index (Phi) is 12.4. The van der Waals surface area contributed by atoms with Gasteiger partial charge in [0.15, 0.2) is 0 Å². The predicted octanol–water partition coefficient (Wildman–Crippen LogP) is 3.35. The van der Waals surface area contributed by atoms with Crippen LogP contribution in [0, 0.1) is 0 Å². The zero-order chi connectivity index (χ0) is 27.3. The highest BCUT2D eigenvalue weighted by Gasteiger charge is 2.40.